The van der Waals surface area contributed by atoms with E-state index >= 15 is 0 Å². The largest absolute Gasteiger partial charge is 0.464 e. The van der Waals surface area contributed by atoms with E-state index in [4.69, 9.17) is 30.2 Å². The first-order valence-corrected chi connectivity index (χ1v) is 15.1. The molecule has 0 aliphatic carbocycles. The number of aryl methyl sites for hydroxylation is 1. The molecule has 1 saturated heterocycles. The lowest BCUT2D eigenvalue weighted by atomic mass is 10.1. The molecular weight excluding hydrogens is 584 g/mol. The predicted octanol–water partition coefficient (Wildman–Crippen LogP) is 5.59. The normalized spacial score (nSPS) is 15.5. The fourth-order valence-electron chi connectivity index (χ4n) is 5.53. The van der Waals surface area contributed by atoms with Gasteiger partial charge in [-0.05, 0) is 72.9 Å². The maximum Gasteiger partial charge on any atom is 0.254 e. The van der Waals surface area contributed by atoms with Crippen LogP contribution in [-0.4, -0.2) is 54.2 Å². The molecule has 3 aromatic carbocycles. The Kier molecular flexibility index (Phi) is 8.86. The zero-order valence-corrected chi connectivity index (χ0v) is 25.2. The molecule has 6 rings (SSSR count). The topological polar surface area (TPSA) is 98.5 Å². The minimum atomic E-state index is -0.329. The third-order valence-corrected chi connectivity index (χ3v) is 8.24. The third kappa shape index (κ3) is 6.59. The molecule has 0 bridgehead atoms. The van der Waals surface area contributed by atoms with E-state index in [0.717, 1.165) is 30.4 Å². The van der Waals surface area contributed by atoms with Crippen LogP contribution in [0.15, 0.2) is 76.1 Å². The molecule has 228 valence electrons. The minimum Gasteiger partial charge on any atom is -0.464 e. The van der Waals surface area contributed by atoms with Gasteiger partial charge in [-0.3, -0.25) is 14.4 Å². The van der Waals surface area contributed by atoms with Crippen molar-refractivity contribution in [3.8, 4) is 11.5 Å². The number of hydrogen-bond donors (Lipinski definition) is 0. The summed E-state index contributed by atoms with van der Waals surface area (Å²) in [6.07, 6.45) is 3.80. The number of carbonyl (C=O) groups excluding carboxylic acids is 2. The van der Waals surface area contributed by atoms with E-state index in [2.05, 4.69) is 6.92 Å². The smallest absolute Gasteiger partial charge is 0.254 e. The van der Waals surface area contributed by atoms with E-state index in [1.807, 2.05) is 24.3 Å². The van der Waals surface area contributed by atoms with E-state index in [9.17, 15) is 14.4 Å². The summed E-state index contributed by atoms with van der Waals surface area (Å²) >= 11 is 6.16. The van der Waals surface area contributed by atoms with Gasteiger partial charge in [0.25, 0.3) is 5.91 Å². The van der Waals surface area contributed by atoms with E-state index in [1.165, 1.54) is 6.26 Å². The average Bonchev–Trinajstić information content (AvgIpc) is 3.73. The van der Waals surface area contributed by atoms with Crippen molar-refractivity contribution in [3.05, 3.63) is 104 Å². The van der Waals surface area contributed by atoms with Gasteiger partial charge in [-0.15, -0.1) is 0 Å². The predicted molar refractivity (Wildman–Crippen MR) is 165 cm³/mol. The second-order valence-corrected chi connectivity index (χ2v) is 11.5. The third-order valence-electron chi connectivity index (χ3n) is 8.00. The number of halogens is 1. The second kappa shape index (κ2) is 13.1. The van der Waals surface area contributed by atoms with Gasteiger partial charge in [0.2, 0.25) is 12.7 Å². The number of fused-ring (bicyclic) bond motifs is 2. The maximum absolute atomic E-state index is 14.1. The van der Waals surface area contributed by atoms with E-state index < -0.39 is 0 Å². The Hall–Kier alpha value is -4.34. The van der Waals surface area contributed by atoms with Crippen LogP contribution in [0.2, 0.25) is 5.02 Å². The van der Waals surface area contributed by atoms with Crippen molar-refractivity contribution in [2.45, 2.75) is 45.4 Å². The zero-order chi connectivity index (χ0) is 30.6. The van der Waals surface area contributed by atoms with Gasteiger partial charge in [0.05, 0.1) is 29.9 Å². The molecule has 3 heterocycles. The Morgan fingerprint density at radius 3 is 2.50 bits per heavy atom. The number of ether oxygens (including phenoxy) is 3. The quantitative estimate of drug-likeness (QED) is 0.229. The Balaban J connectivity index is 1.30. The number of hydrogen-bond acceptors (Lipinski definition) is 7. The first kappa shape index (κ1) is 29.7. The Morgan fingerprint density at radius 2 is 1.73 bits per heavy atom. The molecule has 0 spiro atoms. The van der Waals surface area contributed by atoms with Crippen LogP contribution >= 0.6 is 11.6 Å². The van der Waals surface area contributed by atoms with E-state index in [-0.39, 0.29) is 56.3 Å². The molecule has 2 aliphatic rings. The highest BCUT2D eigenvalue weighted by Crippen LogP contribution is 2.33. The fourth-order valence-corrected chi connectivity index (χ4v) is 5.70. The van der Waals surface area contributed by atoms with Gasteiger partial charge in [-0.25, -0.2) is 0 Å². The molecule has 0 N–H and O–H groups in total. The van der Waals surface area contributed by atoms with Crippen LogP contribution < -0.4 is 14.9 Å². The molecule has 1 fully saturated rings. The number of carbonyl (C=O) groups is 2. The SMILES string of the molecule is CCc1ccc(C(=O)N(CC(=O)N(Cc2ccc3c(c2)OCO3)Cc2coc3ccc(Cl)cc3c2=O)C[C@H]2CCCO2)cc1. The van der Waals surface area contributed by atoms with Crippen LogP contribution in [0.3, 0.4) is 0 Å². The van der Waals surface area contributed by atoms with Gasteiger partial charge in [-0.2, -0.15) is 0 Å². The lowest BCUT2D eigenvalue weighted by Crippen LogP contribution is -2.45. The number of benzene rings is 3. The Labute approximate surface area is 259 Å². The molecule has 0 radical (unpaired) electrons. The summed E-state index contributed by atoms with van der Waals surface area (Å²) in [4.78, 5) is 44.4. The average molecular weight is 617 g/mol. The monoisotopic (exact) mass is 616 g/mol. The lowest BCUT2D eigenvalue weighted by Gasteiger charge is -2.29. The van der Waals surface area contributed by atoms with Gasteiger partial charge < -0.3 is 28.4 Å². The fraction of sp³-hybridized carbons (Fsp3) is 0.324. The molecule has 0 unspecified atom stereocenters. The highest BCUT2D eigenvalue weighted by atomic mass is 35.5. The summed E-state index contributed by atoms with van der Waals surface area (Å²) in [6.45, 7) is 3.03. The first-order valence-electron chi connectivity index (χ1n) is 14.7. The summed E-state index contributed by atoms with van der Waals surface area (Å²) in [5.74, 6) is 0.630. The van der Waals surface area contributed by atoms with Crippen molar-refractivity contribution in [1.82, 2.24) is 9.80 Å². The Bertz CT molecular complexity index is 1730. The van der Waals surface area contributed by atoms with Gasteiger partial charge in [0.15, 0.2) is 16.9 Å². The molecule has 1 atom stereocenters. The van der Waals surface area contributed by atoms with Crippen LogP contribution in [0.25, 0.3) is 11.0 Å². The Morgan fingerprint density at radius 1 is 0.932 bits per heavy atom. The summed E-state index contributed by atoms with van der Waals surface area (Å²) in [5, 5.41) is 0.738. The number of amides is 2. The highest BCUT2D eigenvalue weighted by molar-refractivity contribution is 6.31. The summed E-state index contributed by atoms with van der Waals surface area (Å²) in [6, 6.07) is 17.7. The van der Waals surface area contributed by atoms with Crippen LogP contribution in [0.4, 0.5) is 0 Å². The van der Waals surface area contributed by atoms with Crippen LogP contribution in [-0.2, 0) is 29.0 Å². The van der Waals surface area contributed by atoms with Crippen LogP contribution in [0.1, 0.15) is 46.8 Å². The summed E-state index contributed by atoms with van der Waals surface area (Å²) < 4.78 is 22.6. The molecule has 1 aromatic heterocycles. The first-order chi connectivity index (χ1) is 21.4. The van der Waals surface area contributed by atoms with Crippen molar-refractivity contribution in [1.29, 1.82) is 0 Å². The van der Waals surface area contributed by atoms with Gasteiger partial charge in [0, 0.05) is 30.3 Å². The lowest BCUT2D eigenvalue weighted by molar-refractivity contribution is -0.133. The molecule has 0 saturated carbocycles. The maximum atomic E-state index is 14.1. The highest BCUT2D eigenvalue weighted by Gasteiger charge is 2.28. The van der Waals surface area contributed by atoms with E-state index in [0.29, 0.717) is 45.2 Å². The number of nitrogens with zero attached hydrogens (tertiary/aromatic N) is 2. The molecule has 44 heavy (non-hydrogen) atoms. The molecule has 2 amide bonds. The van der Waals surface area contributed by atoms with Gasteiger partial charge >= 0.3 is 0 Å². The summed E-state index contributed by atoms with van der Waals surface area (Å²) in [5.41, 5.74) is 2.82. The van der Waals surface area contributed by atoms with Crippen molar-refractivity contribution in [2.24, 2.45) is 0 Å². The molecular formula is C34H33ClN2O7. The van der Waals surface area contributed by atoms with Crippen molar-refractivity contribution in [3.63, 3.8) is 0 Å². The van der Waals surface area contributed by atoms with E-state index in [1.54, 1.807) is 46.2 Å². The van der Waals surface area contributed by atoms with Gasteiger partial charge in [0.1, 0.15) is 12.1 Å². The standard InChI is InChI=1S/C34H33ClN2O7/c1-2-22-5-8-24(9-6-22)34(40)37(18-27-4-3-13-41-27)19-32(38)36(16-23-7-11-30-31(14-23)44-21-43-30)17-25-20-42-29-12-10-26(35)15-28(29)33(25)39/h5-12,14-15,20,27H,2-4,13,16-19,21H2,1H3/t27-/m1/s1. The van der Waals surface area contributed by atoms with Crippen LogP contribution in [0, 0.1) is 0 Å². The molecule has 2 aliphatic heterocycles. The van der Waals surface area contributed by atoms with Crippen molar-refractivity contribution in [2.75, 3.05) is 26.5 Å². The van der Waals surface area contributed by atoms with Crippen molar-refractivity contribution >= 4 is 34.4 Å². The van der Waals surface area contributed by atoms with Crippen LogP contribution in [0.5, 0.6) is 11.5 Å². The molecule has 9 nitrogen and oxygen atoms in total. The number of rotatable bonds is 10. The second-order valence-electron chi connectivity index (χ2n) is 11.0. The molecule has 4 aromatic rings. The van der Waals surface area contributed by atoms with Gasteiger partial charge in [-0.1, -0.05) is 36.7 Å². The zero-order valence-electron chi connectivity index (χ0n) is 24.4. The van der Waals surface area contributed by atoms with Crippen molar-refractivity contribution < 1.29 is 28.2 Å². The molecule has 10 heteroatoms. The summed E-state index contributed by atoms with van der Waals surface area (Å²) in [7, 11) is 0. The minimum absolute atomic E-state index is 0.0365.